The van der Waals surface area contributed by atoms with Crippen molar-refractivity contribution in [2.75, 3.05) is 0 Å². The lowest BCUT2D eigenvalue weighted by Crippen LogP contribution is -1.97. The van der Waals surface area contributed by atoms with Crippen molar-refractivity contribution in [3.05, 3.63) is 57.7 Å². The van der Waals surface area contributed by atoms with Gasteiger partial charge in [-0.15, -0.1) is 10.2 Å². The fourth-order valence-electron chi connectivity index (χ4n) is 2.84. The molecule has 0 atom stereocenters. The monoisotopic (exact) mass is 296 g/mol. The van der Waals surface area contributed by atoms with E-state index in [1.807, 2.05) is 0 Å². The number of halogens is 1. The lowest BCUT2D eigenvalue weighted by molar-refractivity contribution is 1.05. The third kappa shape index (κ3) is 2.30. The predicted molar refractivity (Wildman–Crippen MR) is 88.9 cm³/mol. The molecule has 3 rings (SSSR count). The quantitative estimate of drug-likeness (QED) is 0.618. The maximum absolute atomic E-state index is 6.29. The Bertz CT molecular complexity index is 845. The normalized spacial score (nSPS) is 11.1. The Kier molecular flexibility index (Phi) is 3.42. The third-order valence-electron chi connectivity index (χ3n) is 3.94. The van der Waals surface area contributed by atoms with Crippen LogP contribution in [-0.2, 0) is 0 Å². The van der Waals surface area contributed by atoms with Gasteiger partial charge in [0.05, 0.1) is 0 Å². The zero-order valence-electron chi connectivity index (χ0n) is 12.7. The molecule has 0 unspecified atom stereocenters. The number of benzene rings is 2. The largest absolute Gasteiger partial charge is 0.159 e. The van der Waals surface area contributed by atoms with Crippen molar-refractivity contribution in [2.24, 2.45) is 0 Å². The summed E-state index contributed by atoms with van der Waals surface area (Å²) in [6, 6.07) is 10.6. The average Bonchev–Trinajstić information content (AvgIpc) is 2.44. The van der Waals surface area contributed by atoms with E-state index in [0.717, 1.165) is 27.6 Å². The van der Waals surface area contributed by atoms with E-state index < -0.39 is 0 Å². The van der Waals surface area contributed by atoms with E-state index in [4.69, 9.17) is 11.6 Å². The van der Waals surface area contributed by atoms with Crippen molar-refractivity contribution in [2.45, 2.75) is 27.7 Å². The van der Waals surface area contributed by atoms with Gasteiger partial charge in [0.1, 0.15) is 5.69 Å². The van der Waals surface area contributed by atoms with Crippen LogP contribution in [0.1, 0.15) is 22.3 Å². The van der Waals surface area contributed by atoms with Gasteiger partial charge in [-0.3, -0.25) is 0 Å². The summed E-state index contributed by atoms with van der Waals surface area (Å²) in [6.07, 6.45) is 0. The Morgan fingerprint density at radius 1 is 0.762 bits per heavy atom. The fourth-order valence-corrected chi connectivity index (χ4v) is 3.13. The topological polar surface area (TPSA) is 25.8 Å². The Morgan fingerprint density at radius 3 is 2.10 bits per heavy atom. The Morgan fingerprint density at radius 2 is 1.43 bits per heavy atom. The molecule has 21 heavy (non-hydrogen) atoms. The van der Waals surface area contributed by atoms with Crippen LogP contribution >= 0.6 is 11.6 Å². The van der Waals surface area contributed by atoms with Gasteiger partial charge < -0.3 is 0 Å². The standard InChI is InChI=1S/C18H17ClN2/c1-10-5-8-14(13(4)9-10)17-15-11(2)6-7-12(3)16(15)18(19)21-20-17/h5-9H,1-4H3. The minimum absolute atomic E-state index is 0.472. The third-order valence-corrected chi connectivity index (χ3v) is 4.20. The SMILES string of the molecule is Cc1ccc(-c2nnc(Cl)c3c(C)ccc(C)c23)c(C)c1. The molecule has 0 aliphatic rings. The highest BCUT2D eigenvalue weighted by Gasteiger charge is 2.15. The van der Waals surface area contributed by atoms with Crippen molar-refractivity contribution < 1.29 is 0 Å². The van der Waals surface area contributed by atoms with Crippen molar-refractivity contribution in [3.8, 4) is 11.3 Å². The molecule has 1 heterocycles. The van der Waals surface area contributed by atoms with Crippen LogP contribution in [-0.4, -0.2) is 10.2 Å². The maximum Gasteiger partial charge on any atom is 0.159 e. The van der Waals surface area contributed by atoms with Gasteiger partial charge in [-0.1, -0.05) is 47.5 Å². The molecule has 0 amide bonds. The highest BCUT2D eigenvalue weighted by molar-refractivity contribution is 6.35. The summed E-state index contributed by atoms with van der Waals surface area (Å²) in [5.74, 6) is 0. The van der Waals surface area contributed by atoms with E-state index in [0.29, 0.717) is 5.15 Å². The Hall–Kier alpha value is -1.93. The van der Waals surface area contributed by atoms with Crippen LogP contribution in [0.25, 0.3) is 22.0 Å². The fraction of sp³-hybridized carbons (Fsp3) is 0.222. The number of aryl methyl sites for hydroxylation is 4. The second-order valence-corrected chi connectivity index (χ2v) is 5.97. The molecule has 0 saturated heterocycles. The molecule has 2 aromatic carbocycles. The van der Waals surface area contributed by atoms with Gasteiger partial charge in [-0.25, -0.2) is 0 Å². The molecular formula is C18H17ClN2. The molecule has 2 nitrogen and oxygen atoms in total. The minimum Gasteiger partial charge on any atom is -0.148 e. The highest BCUT2D eigenvalue weighted by Crippen LogP contribution is 2.35. The van der Waals surface area contributed by atoms with Crippen LogP contribution < -0.4 is 0 Å². The van der Waals surface area contributed by atoms with Crippen LogP contribution in [0.15, 0.2) is 30.3 Å². The lowest BCUT2D eigenvalue weighted by atomic mass is 9.95. The molecule has 106 valence electrons. The van der Waals surface area contributed by atoms with E-state index in [9.17, 15) is 0 Å². The van der Waals surface area contributed by atoms with Crippen molar-refractivity contribution >= 4 is 22.4 Å². The summed E-state index contributed by atoms with van der Waals surface area (Å²) >= 11 is 6.29. The molecule has 3 heteroatoms. The number of nitrogens with zero attached hydrogens (tertiary/aromatic N) is 2. The van der Waals surface area contributed by atoms with Gasteiger partial charge in [0.2, 0.25) is 0 Å². The van der Waals surface area contributed by atoms with Gasteiger partial charge >= 0.3 is 0 Å². The second kappa shape index (κ2) is 5.12. The minimum atomic E-state index is 0.472. The van der Waals surface area contributed by atoms with Crippen molar-refractivity contribution in [1.82, 2.24) is 10.2 Å². The molecule has 1 aromatic heterocycles. The number of hydrogen-bond acceptors (Lipinski definition) is 2. The van der Waals surface area contributed by atoms with E-state index in [-0.39, 0.29) is 0 Å². The first kappa shape index (κ1) is 14.0. The molecule has 0 aliphatic heterocycles. The molecule has 0 N–H and O–H groups in total. The van der Waals surface area contributed by atoms with Gasteiger partial charge in [0.15, 0.2) is 5.15 Å². The Balaban J connectivity index is 2.44. The van der Waals surface area contributed by atoms with Crippen LogP contribution in [0.4, 0.5) is 0 Å². The molecule has 0 fully saturated rings. The molecular weight excluding hydrogens is 280 g/mol. The number of aromatic nitrogens is 2. The van der Waals surface area contributed by atoms with Crippen LogP contribution in [0.2, 0.25) is 5.15 Å². The zero-order valence-corrected chi connectivity index (χ0v) is 13.4. The molecule has 0 saturated carbocycles. The summed E-state index contributed by atoms with van der Waals surface area (Å²) in [4.78, 5) is 0. The summed E-state index contributed by atoms with van der Waals surface area (Å²) in [5, 5.41) is 11.1. The average molecular weight is 297 g/mol. The Labute approximate surface area is 129 Å². The lowest BCUT2D eigenvalue weighted by Gasteiger charge is -2.13. The van der Waals surface area contributed by atoms with E-state index >= 15 is 0 Å². The van der Waals surface area contributed by atoms with Crippen molar-refractivity contribution in [3.63, 3.8) is 0 Å². The predicted octanol–water partition coefficient (Wildman–Crippen LogP) is 5.18. The first-order valence-corrected chi connectivity index (χ1v) is 7.36. The van der Waals surface area contributed by atoms with Crippen molar-refractivity contribution in [1.29, 1.82) is 0 Å². The van der Waals surface area contributed by atoms with Gasteiger partial charge in [0.25, 0.3) is 0 Å². The maximum atomic E-state index is 6.29. The van der Waals surface area contributed by atoms with Crippen LogP contribution in [0.3, 0.4) is 0 Å². The molecule has 0 radical (unpaired) electrons. The van der Waals surface area contributed by atoms with E-state index in [2.05, 4.69) is 68.2 Å². The number of hydrogen-bond donors (Lipinski definition) is 0. The van der Waals surface area contributed by atoms with Gasteiger partial charge in [0, 0.05) is 16.3 Å². The molecule has 0 spiro atoms. The molecule has 3 aromatic rings. The highest BCUT2D eigenvalue weighted by atomic mass is 35.5. The van der Waals surface area contributed by atoms with Gasteiger partial charge in [-0.2, -0.15) is 0 Å². The summed E-state index contributed by atoms with van der Waals surface area (Å²) in [5.41, 5.74) is 6.77. The first-order valence-electron chi connectivity index (χ1n) is 6.98. The first-order chi connectivity index (χ1) is 9.99. The van der Waals surface area contributed by atoms with Crippen LogP contribution in [0, 0.1) is 27.7 Å². The number of rotatable bonds is 1. The van der Waals surface area contributed by atoms with E-state index in [1.165, 1.54) is 16.7 Å². The van der Waals surface area contributed by atoms with Gasteiger partial charge in [-0.05, 0) is 44.4 Å². The number of fused-ring (bicyclic) bond motifs is 1. The molecule has 0 bridgehead atoms. The van der Waals surface area contributed by atoms with E-state index in [1.54, 1.807) is 0 Å². The van der Waals surface area contributed by atoms with Crippen LogP contribution in [0.5, 0.6) is 0 Å². The smallest absolute Gasteiger partial charge is 0.148 e. The zero-order chi connectivity index (χ0) is 15.1. The summed E-state index contributed by atoms with van der Waals surface area (Å²) in [6.45, 7) is 8.35. The second-order valence-electron chi connectivity index (χ2n) is 5.61. The summed E-state index contributed by atoms with van der Waals surface area (Å²) < 4.78 is 0. The molecule has 0 aliphatic carbocycles. The summed E-state index contributed by atoms with van der Waals surface area (Å²) in [7, 11) is 0.